The number of hydrogen-bond donors (Lipinski definition) is 0. The van der Waals surface area contributed by atoms with Gasteiger partial charge < -0.3 is 8.98 Å². The van der Waals surface area contributed by atoms with Crippen LogP contribution in [0.5, 0.6) is 0 Å². The lowest BCUT2D eigenvalue weighted by molar-refractivity contribution is -0.384. The zero-order valence-corrected chi connectivity index (χ0v) is 14.9. The molecule has 25 heavy (non-hydrogen) atoms. The lowest BCUT2D eigenvalue weighted by Crippen LogP contribution is -2.19. The Balaban J connectivity index is 2.18. The number of thiazole rings is 1. The molecule has 0 aliphatic heterocycles. The van der Waals surface area contributed by atoms with Gasteiger partial charge in [0.1, 0.15) is 5.69 Å². The number of rotatable bonds is 6. The highest BCUT2D eigenvalue weighted by atomic mass is 32.1. The molecule has 1 aromatic carbocycles. The second-order valence-corrected chi connectivity index (χ2v) is 6.58. The normalized spacial score (nSPS) is 13.1. The summed E-state index contributed by atoms with van der Waals surface area (Å²) in [7, 11) is 0. The van der Waals surface area contributed by atoms with E-state index in [4.69, 9.17) is 4.42 Å². The van der Waals surface area contributed by atoms with Gasteiger partial charge >= 0.3 is 0 Å². The van der Waals surface area contributed by atoms with Gasteiger partial charge in [0.15, 0.2) is 10.6 Å². The van der Waals surface area contributed by atoms with E-state index in [2.05, 4.69) is 23.4 Å². The van der Waals surface area contributed by atoms with E-state index in [9.17, 15) is 10.1 Å². The number of para-hydroxylation sites is 2. The van der Waals surface area contributed by atoms with Crippen molar-refractivity contribution in [1.29, 1.82) is 0 Å². The van der Waals surface area contributed by atoms with Crippen LogP contribution in [0.15, 0.2) is 57.5 Å². The van der Waals surface area contributed by atoms with Crippen molar-refractivity contribution in [3.05, 3.63) is 63.0 Å². The van der Waals surface area contributed by atoms with Crippen LogP contribution in [0, 0.1) is 10.1 Å². The fraction of sp³-hybridized carbons (Fsp3) is 0.278. The first-order valence-corrected chi connectivity index (χ1v) is 9.01. The van der Waals surface area contributed by atoms with E-state index in [-0.39, 0.29) is 11.7 Å². The van der Waals surface area contributed by atoms with Crippen LogP contribution in [0.2, 0.25) is 0 Å². The minimum Gasteiger partial charge on any atom is -0.463 e. The molecular weight excluding hydrogens is 338 g/mol. The molecule has 1 atom stereocenters. The van der Waals surface area contributed by atoms with Crippen molar-refractivity contribution >= 4 is 22.7 Å². The van der Waals surface area contributed by atoms with Crippen molar-refractivity contribution < 1.29 is 9.34 Å². The Bertz CT molecular complexity index is 925. The Morgan fingerprint density at radius 3 is 2.80 bits per heavy atom. The second kappa shape index (κ2) is 7.48. The number of furan rings is 1. The summed E-state index contributed by atoms with van der Waals surface area (Å²) >= 11 is 1.46. The molecule has 3 rings (SSSR count). The standard InChI is InChI=1S/C18H19N3O3S/c1-3-7-13(2)20-16(17-10-6-11-24-17)12-25-18(20)19-14-8-4-5-9-15(14)21(22)23/h4-6,8-13H,3,7H2,1-2H3. The van der Waals surface area contributed by atoms with Gasteiger partial charge in [0.05, 0.1) is 16.9 Å². The van der Waals surface area contributed by atoms with Crippen LogP contribution in [0.25, 0.3) is 11.5 Å². The number of benzene rings is 1. The number of nitrogens with zero attached hydrogens (tertiary/aromatic N) is 3. The monoisotopic (exact) mass is 357 g/mol. The molecule has 0 saturated carbocycles. The molecule has 3 aromatic rings. The van der Waals surface area contributed by atoms with E-state index >= 15 is 0 Å². The second-order valence-electron chi connectivity index (χ2n) is 5.75. The molecule has 0 aliphatic carbocycles. The smallest absolute Gasteiger partial charge is 0.294 e. The Labute approximate surface area is 149 Å². The molecule has 0 bridgehead atoms. The molecular formula is C18H19N3O3S. The molecule has 2 heterocycles. The van der Waals surface area contributed by atoms with Crippen molar-refractivity contribution in [3.63, 3.8) is 0 Å². The maximum atomic E-state index is 11.3. The molecule has 0 aliphatic rings. The Kier molecular flexibility index (Phi) is 5.14. The predicted molar refractivity (Wildman–Crippen MR) is 97.9 cm³/mol. The van der Waals surface area contributed by atoms with Crippen LogP contribution < -0.4 is 4.80 Å². The minimum absolute atomic E-state index is 0.00476. The quantitative estimate of drug-likeness (QED) is 0.443. The minimum atomic E-state index is -0.403. The molecule has 0 amide bonds. The first-order chi connectivity index (χ1) is 12.1. The van der Waals surface area contributed by atoms with Gasteiger partial charge in [-0.3, -0.25) is 10.1 Å². The molecule has 130 valence electrons. The summed E-state index contributed by atoms with van der Waals surface area (Å²) in [6, 6.07) is 10.5. The first kappa shape index (κ1) is 17.2. The Hall–Kier alpha value is -2.67. The SMILES string of the molecule is CCCC(C)n1c(-c2ccco2)csc1=Nc1ccccc1[N+](=O)[O-]. The van der Waals surface area contributed by atoms with Gasteiger partial charge in [0.25, 0.3) is 5.69 Å². The highest BCUT2D eigenvalue weighted by molar-refractivity contribution is 7.07. The van der Waals surface area contributed by atoms with E-state index < -0.39 is 4.92 Å². The van der Waals surface area contributed by atoms with Gasteiger partial charge in [-0.15, -0.1) is 11.3 Å². The van der Waals surface area contributed by atoms with Gasteiger partial charge in [0, 0.05) is 17.5 Å². The zero-order chi connectivity index (χ0) is 17.8. The van der Waals surface area contributed by atoms with Crippen LogP contribution in [0.1, 0.15) is 32.7 Å². The third-order valence-electron chi connectivity index (χ3n) is 3.96. The van der Waals surface area contributed by atoms with Crippen LogP contribution in [0.4, 0.5) is 11.4 Å². The maximum Gasteiger partial charge on any atom is 0.294 e. The summed E-state index contributed by atoms with van der Waals surface area (Å²) in [5.74, 6) is 0.767. The third kappa shape index (κ3) is 3.56. The fourth-order valence-corrected chi connectivity index (χ4v) is 3.79. The Morgan fingerprint density at radius 2 is 2.12 bits per heavy atom. The van der Waals surface area contributed by atoms with Crippen LogP contribution >= 0.6 is 11.3 Å². The van der Waals surface area contributed by atoms with E-state index in [0.717, 1.165) is 29.1 Å². The summed E-state index contributed by atoms with van der Waals surface area (Å²) in [5, 5.41) is 13.2. The molecule has 0 fully saturated rings. The molecule has 1 unspecified atom stereocenters. The molecule has 0 saturated heterocycles. The first-order valence-electron chi connectivity index (χ1n) is 8.14. The summed E-state index contributed by atoms with van der Waals surface area (Å²) in [5.41, 5.74) is 1.30. The van der Waals surface area contributed by atoms with Crippen LogP contribution in [0.3, 0.4) is 0 Å². The van der Waals surface area contributed by atoms with Crippen molar-refractivity contribution in [1.82, 2.24) is 4.57 Å². The number of aromatic nitrogens is 1. The van der Waals surface area contributed by atoms with Gasteiger partial charge in [0.2, 0.25) is 0 Å². The summed E-state index contributed by atoms with van der Waals surface area (Å²) in [6.45, 7) is 4.26. The van der Waals surface area contributed by atoms with Gasteiger partial charge in [-0.1, -0.05) is 25.5 Å². The zero-order valence-electron chi connectivity index (χ0n) is 14.1. The number of hydrogen-bond acceptors (Lipinski definition) is 5. The van der Waals surface area contributed by atoms with Gasteiger partial charge in [-0.2, -0.15) is 0 Å². The number of nitro groups is 1. The van der Waals surface area contributed by atoms with Crippen molar-refractivity contribution in [2.75, 3.05) is 0 Å². The number of nitro benzene ring substituents is 1. The lowest BCUT2D eigenvalue weighted by atomic mass is 10.2. The van der Waals surface area contributed by atoms with Crippen LogP contribution in [-0.4, -0.2) is 9.49 Å². The topological polar surface area (TPSA) is 73.6 Å². The average Bonchev–Trinajstić information content (AvgIpc) is 3.24. The van der Waals surface area contributed by atoms with Crippen molar-refractivity contribution in [2.24, 2.45) is 4.99 Å². The summed E-state index contributed by atoms with van der Waals surface area (Å²) in [4.78, 5) is 16.2. The Morgan fingerprint density at radius 1 is 1.32 bits per heavy atom. The fourth-order valence-electron chi connectivity index (χ4n) is 2.80. The van der Waals surface area contributed by atoms with E-state index in [1.807, 2.05) is 17.5 Å². The lowest BCUT2D eigenvalue weighted by Gasteiger charge is -2.15. The molecule has 0 N–H and O–H groups in total. The molecule has 0 radical (unpaired) electrons. The summed E-state index contributed by atoms with van der Waals surface area (Å²) < 4.78 is 7.65. The third-order valence-corrected chi connectivity index (χ3v) is 4.80. The highest BCUT2D eigenvalue weighted by Crippen LogP contribution is 2.28. The average molecular weight is 357 g/mol. The van der Waals surface area contributed by atoms with Crippen molar-refractivity contribution in [3.8, 4) is 11.5 Å². The van der Waals surface area contributed by atoms with Crippen LogP contribution in [-0.2, 0) is 0 Å². The summed E-state index contributed by atoms with van der Waals surface area (Å²) in [6.07, 6.45) is 3.65. The van der Waals surface area contributed by atoms with Crippen molar-refractivity contribution in [2.45, 2.75) is 32.7 Å². The maximum absolute atomic E-state index is 11.3. The molecule has 6 nitrogen and oxygen atoms in total. The van der Waals surface area contributed by atoms with Gasteiger partial charge in [-0.05, 0) is 31.5 Å². The van der Waals surface area contributed by atoms with E-state index in [0.29, 0.717) is 5.69 Å². The molecule has 2 aromatic heterocycles. The highest BCUT2D eigenvalue weighted by Gasteiger charge is 2.17. The largest absolute Gasteiger partial charge is 0.463 e. The predicted octanol–water partition coefficient (Wildman–Crippen LogP) is 5.31. The molecule has 7 heteroatoms. The van der Waals surface area contributed by atoms with E-state index in [1.54, 1.807) is 24.5 Å². The van der Waals surface area contributed by atoms with E-state index in [1.165, 1.54) is 17.4 Å². The van der Waals surface area contributed by atoms with Gasteiger partial charge in [-0.25, -0.2) is 4.99 Å². The molecule has 0 spiro atoms.